The van der Waals surface area contributed by atoms with Crippen LogP contribution in [0.5, 0.6) is 0 Å². The van der Waals surface area contributed by atoms with Crippen LogP contribution in [0.4, 0.5) is 5.13 Å². The maximum atomic E-state index is 12.1. The zero-order chi connectivity index (χ0) is 13.7. The number of rotatable bonds is 8. The van der Waals surface area contributed by atoms with Crippen molar-refractivity contribution in [2.75, 3.05) is 11.9 Å². The summed E-state index contributed by atoms with van der Waals surface area (Å²) in [6, 6.07) is 0.274. The summed E-state index contributed by atoms with van der Waals surface area (Å²) in [5, 5.41) is 15.3. The highest BCUT2D eigenvalue weighted by Gasteiger charge is 2.26. The monoisotopic (exact) mass is 282 g/mol. The van der Waals surface area contributed by atoms with Crippen molar-refractivity contribution >= 4 is 22.4 Å². The molecule has 1 aromatic rings. The Balaban J connectivity index is 1.85. The van der Waals surface area contributed by atoms with Gasteiger partial charge in [-0.25, -0.2) is 0 Å². The van der Waals surface area contributed by atoms with Gasteiger partial charge in [0.15, 0.2) is 0 Å². The fourth-order valence-corrected chi connectivity index (χ4v) is 2.62. The average molecular weight is 282 g/mol. The molecule has 0 spiro atoms. The van der Waals surface area contributed by atoms with E-state index in [2.05, 4.69) is 34.7 Å². The number of anilines is 1. The van der Waals surface area contributed by atoms with Crippen molar-refractivity contribution in [3.05, 3.63) is 5.01 Å². The fourth-order valence-electron chi connectivity index (χ4n) is 1.95. The number of nitrogens with one attached hydrogen (secondary N) is 2. The summed E-state index contributed by atoms with van der Waals surface area (Å²) in [5.74, 6) is 0.732. The van der Waals surface area contributed by atoms with Crippen molar-refractivity contribution < 1.29 is 4.79 Å². The van der Waals surface area contributed by atoms with E-state index in [-0.39, 0.29) is 11.9 Å². The summed E-state index contributed by atoms with van der Waals surface area (Å²) in [6.45, 7) is 5.06. The van der Waals surface area contributed by atoms with E-state index in [0.717, 1.165) is 36.9 Å². The van der Waals surface area contributed by atoms with Crippen LogP contribution in [0.25, 0.3) is 0 Å². The summed E-state index contributed by atoms with van der Waals surface area (Å²) in [5.41, 5.74) is 0. The Morgan fingerprint density at radius 1 is 1.42 bits per heavy atom. The third-order valence-electron chi connectivity index (χ3n) is 3.29. The molecule has 1 fully saturated rings. The SMILES string of the molecule is CCCNc1nnc(C(=O)NC(CC)CC2CC2)s1. The first-order chi connectivity index (χ1) is 9.22. The molecule has 1 aliphatic carbocycles. The molecule has 1 saturated carbocycles. The molecule has 19 heavy (non-hydrogen) atoms. The van der Waals surface area contributed by atoms with Gasteiger partial charge in [0.05, 0.1) is 0 Å². The Morgan fingerprint density at radius 2 is 2.21 bits per heavy atom. The molecular weight excluding hydrogens is 260 g/mol. The number of carbonyl (C=O) groups excluding carboxylic acids is 1. The highest BCUT2D eigenvalue weighted by Crippen LogP contribution is 2.34. The minimum atomic E-state index is -0.0884. The molecule has 1 heterocycles. The van der Waals surface area contributed by atoms with E-state index >= 15 is 0 Å². The van der Waals surface area contributed by atoms with E-state index in [1.54, 1.807) is 0 Å². The summed E-state index contributed by atoms with van der Waals surface area (Å²) in [7, 11) is 0. The van der Waals surface area contributed by atoms with Crippen LogP contribution in [0, 0.1) is 5.92 Å². The molecule has 1 unspecified atom stereocenters. The normalized spacial score (nSPS) is 16.1. The maximum absolute atomic E-state index is 12.1. The van der Waals surface area contributed by atoms with Crippen LogP contribution in [0.2, 0.25) is 0 Å². The van der Waals surface area contributed by atoms with Gasteiger partial charge in [-0.15, -0.1) is 10.2 Å². The lowest BCUT2D eigenvalue weighted by atomic mass is 10.1. The predicted molar refractivity (Wildman–Crippen MR) is 77.6 cm³/mol. The zero-order valence-electron chi connectivity index (χ0n) is 11.6. The lowest BCUT2D eigenvalue weighted by Gasteiger charge is -2.15. The minimum Gasteiger partial charge on any atom is -0.360 e. The molecule has 2 rings (SSSR count). The van der Waals surface area contributed by atoms with E-state index in [4.69, 9.17) is 0 Å². The molecule has 6 heteroatoms. The van der Waals surface area contributed by atoms with Crippen molar-refractivity contribution in [1.29, 1.82) is 0 Å². The molecule has 0 radical (unpaired) electrons. The second-order valence-electron chi connectivity index (χ2n) is 5.10. The molecule has 1 atom stereocenters. The smallest absolute Gasteiger partial charge is 0.282 e. The van der Waals surface area contributed by atoms with Gasteiger partial charge in [0.25, 0.3) is 5.91 Å². The first kappa shape index (κ1) is 14.2. The molecule has 0 aliphatic heterocycles. The van der Waals surface area contributed by atoms with Crippen molar-refractivity contribution in [2.24, 2.45) is 5.92 Å². The summed E-state index contributed by atoms with van der Waals surface area (Å²) in [6.07, 6.45) is 5.73. The molecule has 0 aromatic carbocycles. The highest BCUT2D eigenvalue weighted by molar-refractivity contribution is 7.17. The van der Waals surface area contributed by atoms with Crippen LogP contribution in [0.3, 0.4) is 0 Å². The van der Waals surface area contributed by atoms with Gasteiger partial charge in [-0.3, -0.25) is 4.79 Å². The van der Waals surface area contributed by atoms with Gasteiger partial charge in [-0.1, -0.05) is 38.0 Å². The molecular formula is C13H22N4OS. The van der Waals surface area contributed by atoms with E-state index in [1.165, 1.54) is 24.2 Å². The summed E-state index contributed by atoms with van der Waals surface area (Å²) < 4.78 is 0. The van der Waals surface area contributed by atoms with E-state index < -0.39 is 0 Å². The Kier molecular flexibility index (Phi) is 5.13. The highest BCUT2D eigenvalue weighted by atomic mass is 32.1. The number of carbonyl (C=O) groups is 1. The van der Waals surface area contributed by atoms with Crippen LogP contribution in [0.1, 0.15) is 55.8 Å². The summed E-state index contributed by atoms with van der Waals surface area (Å²) in [4.78, 5) is 12.1. The van der Waals surface area contributed by atoms with E-state index in [9.17, 15) is 4.79 Å². The molecule has 2 N–H and O–H groups in total. The zero-order valence-corrected chi connectivity index (χ0v) is 12.4. The molecule has 1 aromatic heterocycles. The molecule has 1 aliphatic rings. The van der Waals surface area contributed by atoms with Crippen molar-refractivity contribution in [3.8, 4) is 0 Å². The van der Waals surface area contributed by atoms with Gasteiger partial charge in [0.1, 0.15) is 0 Å². The quantitative estimate of drug-likeness (QED) is 0.769. The van der Waals surface area contributed by atoms with Gasteiger partial charge in [-0.05, 0) is 25.2 Å². The van der Waals surface area contributed by atoms with Crippen molar-refractivity contribution in [1.82, 2.24) is 15.5 Å². The number of aromatic nitrogens is 2. The first-order valence-corrected chi connectivity index (χ1v) is 7.92. The number of nitrogens with zero attached hydrogens (tertiary/aromatic N) is 2. The van der Waals surface area contributed by atoms with Crippen molar-refractivity contribution in [3.63, 3.8) is 0 Å². The van der Waals surface area contributed by atoms with Gasteiger partial charge in [0.2, 0.25) is 10.1 Å². The lowest BCUT2D eigenvalue weighted by molar-refractivity contribution is 0.0931. The number of hydrogen-bond acceptors (Lipinski definition) is 5. The summed E-state index contributed by atoms with van der Waals surface area (Å²) >= 11 is 1.32. The van der Waals surface area contributed by atoms with Gasteiger partial charge >= 0.3 is 0 Å². The predicted octanol–water partition coefficient (Wildman–Crippen LogP) is 2.67. The molecule has 1 amide bonds. The largest absolute Gasteiger partial charge is 0.360 e. The lowest BCUT2D eigenvalue weighted by Crippen LogP contribution is -2.34. The Bertz CT molecular complexity index is 417. The molecule has 5 nitrogen and oxygen atoms in total. The third-order valence-corrected chi connectivity index (χ3v) is 4.17. The molecule has 0 bridgehead atoms. The van der Waals surface area contributed by atoms with Crippen molar-refractivity contribution in [2.45, 2.75) is 52.0 Å². The second kappa shape index (κ2) is 6.84. The van der Waals surface area contributed by atoms with Gasteiger partial charge < -0.3 is 10.6 Å². The van der Waals surface area contributed by atoms with E-state index in [0.29, 0.717) is 5.01 Å². The Labute approximate surface area is 118 Å². The van der Waals surface area contributed by atoms with Crippen LogP contribution in [-0.2, 0) is 0 Å². The van der Waals surface area contributed by atoms with Crippen LogP contribution < -0.4 is 10.6 Å². The van der Waals surface area contributed by atoms with Crippen LogP contribution in [-0.4, -0.2) is 28.7 Å². The maximum Gasteiger partial charge on any atom is 0.282 e. The van der Waals surface area contributed by atoms with Crippen LogP contribution in [0.15, 0.2) is 0 Å². The minimum absolute atomic E-state index is 0.0884. The first-order valence-electron chi connectivity index (χ1n) is 7.11. The average Bonchev–Trinajstić information content (AvgIpc) is 3.10. The van der Waals surface area contributed by atoms with Crippen LogP contribution >= 0.6 is 11.3 Å². The Morgan fingerprint density at radius 3 is 2.84 bits per heavy atom. The van der Waals surface area contributed by atoms with Gasteiger partial charge in [0, 0.05) is 12.6 Å². The van der Waals surface area contributed by atoms with Gasteiger partial charge in [-0.2, -0.15) is 0 Å². The molecule has 106 valence electrons. The topological polar surface area (TPSA) is 66.9 Å². The Hall–Kier alpha value is -1.17. The third kappa shape index (κ3) is 4.45. The fraction of sp³-hybridized carbons (Fsp3) is 0.769. The molecule has 0 saturated heterocycles. The number of hydrogen-bond donors (Lipinski definition) is 2. The number of amides is 1. The second-order valence-corrected chi connectivity index (χ2v) is 6.07. The standard InChI is InChI=1S/C13H22N4OS/c1-3-7-14-13-17-16-12(19-13)11(18)15-10(4-2)8-9-5-6-9/h9-10H,3-8H2,1-2H3,(H,14,17)(H,15,18). The van der Waals surface area contributed by atoms with E-state index in [1.807, 2.05) is 0 Å².